The topological polar surface area (TPSA) is 26.3 Å². The fourth-order valence-electron chi connectivity index (χ4n) is 1.11. The van der Waals surface area contributed by atoms with E-state index < -0.39 is 0 Å². The number of hydroxylamine groups is 2. The lowest BCUT2D eigenvalue weighted by atomic mass is 10.2. The van der Waals surface area contributed by atoms with Gasteiger partial charge in [-0.1, -0.05) is 0 Å². The van der Waals surface area contributed by atoms with Gasteiger partial charge < -0.3 is 14.8 Å². The maximum absolute atomic E-state index is 11.5. The highest BCUT2D eigenvalue weighted by molar-refractivity contribution is 5.53. The van der Waals surface area contributed by atoms with Gasteiger partial charge in [0, 0.05) is 31.9 Å². The first-order chi connectivity index (χ1) is 5.91. The molecule has 0 saturated heterocycles. The van der Waals surface area contributed by atoms with Crippen molar-refractivity contribution in [1.82, 2.24) is 4.65 Å². The van der Waals surface area contributed by atoms with E-state index in [0.29, 0.717) is 0 Å². The molecular weight excluding hydrogens is 164 g/mol. The molecule has 0 aliphatic heterocycles. The van der Waals surface area contributed by atoms with Crippen LogP contribution in [0.3, 0.4) is 0 Å². The molecule has 1 aromatic carbocycles. The van der Waals surface area contributed by atoms with Crippen molar-refractivity contribution in [2.24, 2.45) is 0 Å². The maximum atomic E-state index is 11.5. The van der Waals surface area contributed by atoms with Crippen molar-refractivity contribution in [3.05, 3.63) is 29.5 Å². The van der Waals surface area contributed by atoms with Crippen LogP contribution in [0.1, 0.15) is 0 Å². The standard InChI is InChI=1S/C10H16N2O/c1-11(2)9-5-7-10(8-6-9)12(3,4)13/h5-8H,1-4H3. The van der Waals surface area contributed by atoms with Gasteiger partial charge in [-0.3, -0.25) is 0 Å². The third-order valence-corrected chi connectivity index (χ3v) is 1.99. The molecule has 0 aromatic heterocycles. The van der Waals surface area contributed by atoms with Gasteiger partial charge in [-0.15, -0.1) is 0 Å². The Labute approximate surface area is 79.4 Å². The summed E-state index contributed by atoms with van der Waals surface area (Å²) in [5.74, 6) is 0. The normalized spacial score (nSPS) is 11.5. The van der Waals surface area contributed by atoms with E-state index in [-0.39, 0.29) is 4.65 Å². The van der Waals surface area contributed by atoms with Crippen LogP contribution >= 0.6 is 0 Å². The third kappa shape index (κ3) is 2.44. The molecule has 3 heteroatoms. The summed E-state index contributed by atoms with van der Waals surface area (Å²) in [6.07, 6.45) is 0. The van der Waals surface area contributed by atoms with Crippen molar-refractivity contribution < 1.29 is 0 Å². The Bertz CT molecular complexity index is 272. The number of quaternary nitrogens is 1. The summed E-state index contributed by atoms with van der Waals surface area (Å²) >= 11 is 0. The van der Waals surface area contributed by atoms with E-state index in [1.165, 1.54) is 0 Å². The Hall–Kier alpha value is -1.06. The van der Waals surface area contributed by atoms with E-state index in [2.05, 4.69) is 0 Å². The lowest BCUT2D eigenvalue weighted by Crippen LogP contribution is -2.32. The average Bonchev–Trinajstić information content (AvgIpc) is 2.03. The largest absolute Gasteiger partial charge is 0.628 e. The highest BCUT2D eigenvalue weighted by atomic mass is 16.5. The minimum absolute atomic E-state index is 0.381. The summed E-state index contributed by atoms with van der Waals surface area (Å²) in [4.78, 5) is 2.01. The second-order valence-electron chi connectivity index (χ2n) is 3.76. The van der Waals surface area contributed by atoms with Gasteiger partial charge in [0.25, 0.3) is 0 Å². The molecule has 0 spiro atoms. The molecule has 0 heterocycles. The van der Waals surface area contributed by atoms with E-state index in [1.54, 1.807) is 14.1 Å². The van der Waals surface area contributed by atoms with Crippen LogP contribution in [-0.4, -0.2) is 28.2 Å². The molecule has 13 heavy (non-hydrogen) atoms. The molecule has 0 unspecified atom stereocenters. The van der Waals surface area contributed by atoms with Crippen LogP contribution < -0.4 is 9.55 Å². The fourth-order valence-corrected chi connectivity index (χ4v) is 1.11. The van der Waals surface area contributed by atoms with Crippen molar-refractivity contribution in [2.75, 3.05) is 33.1 Å². The van der Waals surface area contributed by atoms with Gasteiger partial charge in [-0.05, 0) is 12.1 Å². The number of hydrogen-bond donors (Lipinski definition) is 0. The Morgan fingerprint density at radius 3 is 1.85 bits per heavy atom. The van der Waals surface area contributed by atoms with E-state index in [4.69, 9.17) is 0 Å². The molecule has 0 fully saturated rings. The number of hydrogen-bond acceptors (Lipinski definition) is 2. The first-order valence-electron chi connectivity index (χ1n) is 4.24. The zero-order chi connectivity index (χ0) is 10.1. The lowest BCUT2D eigenvalue weighted by Gasteiger charge is -2.33. The highest BCUT2D eigenvalue weighted by Crippen LogP contribution is 2.21. The Balaban J connectivity index is 2.94. The van der Waals surface area contributed by atoms with Crippen LogP contribution in [0.15, 0.2) is 24.3 Å². The zero-order valence-electron chi connectivity index (χ0n) is 8.61. The third-order valence-electron chi connectivity index (χ3n) is 1.99. The molecule has 72 valence electrons. The minimum Gasteiger partial charge on any atom is -0.628 e. The number of nitrogens with zero attached hydrogens (tertiary/aromatic N) is 2. The summed E-state index contributed by atoms with van der Waals surface area (Å²) in [7, 11) is 7.19. The van der Waals surface area contributed by atoms with Crippen LogP contribution in [0, 0.1) is 5.21 Å². The predicted octanol–water partition coefficient (Wildman–Crippen LogP) is 1.82. The summed E-state index contributed by atoms with van der Waals surface area (Å²) in [6.45, 7) is 0. The number of rotatable bonds is 2. The number of benzene rings is 1. The second-order valence-corrected chi connectivity index (χ2v) is 3.76. The molecule has 1 aromatic rings. The van der Waals surface area contributed by atoms with Gasteiger partial charge in [0.15, 0.2) is 0 Å². The zero-order valence-corrected chi connectivity index (χ0v) is 8.61. The quantitative estimate of drug-likeness (QED) is 0.512. The van der Waals surface area contributed by atoms with Crippen LogP contribution in [0.5, 0.6) is 0 Å². The second kappa shape index (κ2) is 3.36. The SMILES string of the molecule is CN(C)c1ccc([N+](C)(C)[O-])cc1. The van der Waals surface area contributed by atoms with Gasteiger partial charge in [0.2, 0.25) is 0 Å². The van der Waals surface area contributed by atoms with Gasteiger partial charge >= 0.3 is 0 Å². The first-order valence-corrected chi connectivity index (χ1v) is 4.24. The molecular formula is C10H16N2O. The smallest absolute Gasteiger partial charge is 0.132 e. The van der Waals surface area contributed by atoms with Crippen molar-refractivity contribution >= 4 is 11.4 Å². The van der Waals surface area contributed by atoms with Gasteiger partial charge in [-0.2, -0.15) is 0 Å². The van der Waals surface area contributed by atoms with E-state index >= 15 is 0 Å². The Kier molecular flexibility index (Phi) is 2.59. The van der Waals surface area contributed by atoms with Crippen molar-refractivity contribution in [3.8, 4) is 0 Å². The van der Waals surface area contributed by atoms with Crippen LogP contribution in [0.2, 0.25) is 0 Å². The van der Waals surface area contributed by atoms with Crippen LogP contribution in [-0.2, 0) is 0 Å². The summed E-state index contributed by atoms with van der Waals surface area (Å²) in [5.41, 5.74) is 1.88. The van der Waals surface area contributed by atoms with Gasteiger partial charge in [0.05, 0.1) is 14.1 Å². The van der Waals surface area contributed by atoms with E-state index in [0.717, 1.165) is 11.4 Å². The molecule has 0 N–H and O–H groups in total. The van der Waals surface area contributed by atoms with Crippen molar-refractivity contribution in [3.63, 3.8) is 0 Å². The Morgan fingerprint density at radius 2 is 1.54 bits per heavy atom. The summed E-state index contributed by atoms with van der Waals surface area (Å²) in [6, 6.07) is 7.63. The minimum atomic E-state index is -0.381. The average molecular weight is 180 g/mol. The van der Waals surface area contributed by atoms with E-state index in [1.807, 2.05) is 43.3 Å². The van der Waals surface area contributed by atoms with E-state index in [9.17, 15) is 5.21 Å². The summed E-state index contributed by atoms with van der Waals surface area (Å²) < 4.78 is -0.381. The molecule has 0 aliphatic carbocycles. The fraction of sp³-hybridized carbons (Fsp3) is 0.400. The molecule has 0 bridgehead atoms. The van der Waals surface area contributed by atoms with Crippen LogP contribution in [0.4, 0.5) is 11.4 Å². The molecule has 0 atom stereocenters. The molecule has 1 rings (SSSR count). The van der Waals surface area contributed by atoms with Gasteiger partial charge in [-0.25, -0.2) is 0 Å². The predicted molar refractivity (Wildman–Crippen MR) is 57.8 cm³/mol. The molecule has 0 amide bonds. The first kappa shape index (κ1) is 10.0. The molecule has 3 nitrogen and oxygen atoms in total. The number of anilines is 1. The molecule has 0 aliphatic rings. The highest BCUT2D eigenvalue weighted by Gasteiger charge is 2.06. The van der Waals surface area contributed by atoms with Gasteiger partial charge in [0.1, 0.15) is 5.69 Å². The maximum Gasteiger partial charge on any atom is 0.132 e. The summed E-state index contributed by atoms with van der Waals surface area (Å²) in [5, 5.41) is 11.5. The monoisotopic (exact) mass is 180 g/mol. The van der Waals surface area contributed by atoms with Crippen molar-refractivity contribution in [2.45, 2.75) is 0 Å². The van der Waals surface area contributed by atoms with Crippen LogP contribution in [0.25, 0.3) is 0 Å². The Morgan fingerprint density at radius 1 is 1.08 bits per heavy atom. The molecule has 0 saturated carbocycles. The van der Waals surface area contributed by atoms with Crippen molar-refractivity contribution in [1.29, 1.82) is 0 Å². The molecule has 0 radical (unpaired) electrons. The lowest BCUT2D eigenvalue weighted by molar-refractivity contribution is 0.543.